The standard InChI is InChI=1S/C21H25N3O4S/c1-15-5-3-4-6-19(15)23-29(27,28)18-9-7-17(8-10-18)21(26)24-13-11-16(12-14-24)20(25)22-2/h3-10,16,23H,11-14H2,1-2H3,(H,22,25). The molecule has 1 fully saturated rings. The maximum Gasteiger partial charge on any atom is 0.261 e. The van der Waals surface area contributed by atoms with Crippen molar-refractivity contribution in [1.82, 2.24) is 10.2 Å². The number of anilines is 1. The summed E-state index contributed by atoms with van der Waals surface area (Å²) < 4.78 is 27.8. The number of amides is 2. The van der Waals surface area contributed by atoms with Gasteiger partial charge in [-0.05, 0) is 55.7 Å². The number of carbonyl (C=O) groups excluding carboxylic acids is 2. The van der Waals surface area contributed by atoms with E-state index >= 15 is 0 Å². The average Bonchev–Trinajstić information content (AvgIpc) is 2.74. The lowest BCUT2D eigenvalue weighted by Crippen LogP contribution is -2.42. The van der Waals surface area contributed by atoms with Gasteiger partial charge < -0.3 is 10.2 Å². The summed E-state index contributed by atoms with van der Waals surface area (Å²) in [5.41, 5.74) is 1.77. The zero-order valence-corrected chi connectivity index (χ0v) is 17.3. The van der Waals surface area contributed by atoms with Gasteiger partial charge in [0.2, 0.25) is 5.91 Å². The van der Waals surface area contributed by atoms with Gasteiger partial charge in [0.1, 0.15) is 0 Å². The Hall–Kier alpha value is -2.87. The molecule has 2 aromatic carbocycles. The van der Waals surface area contributed by atoms with Crippen molar-refractivity contribution in [3.05, 3.63) is 59.7 Å². The zero-order valence-electron chi connectivity index (χ0n) is 16.5. The van der Waals surface area contributed by atoms with Gasteiger partial charge in [0, 0.05) is 31.6 Å². The third-order valence-corrected chi connectivity index (χ3v) is 6.58. The van der Waals surface area contributed by atoms with Crippen LogP contribution in [-0.2, 0) is 14.8 Å². The largest absolute Gasteiger partial charge is 0.359 e. The van der Waals surface area contributed by atoms with Crippen molar-refractivity contribution < 1.29 is 18.0 Å². The molecule has 1 aliphatic rings. The van der Waals surface area contributed by atoms with Crippen molar-refractivity contribution in [2.24, 2.45) is 5.92 Å². The lowest BCUT2D eigenvalue weighted by Gasteiger charge is -2.31. The number of sulfonamides is 1. The van der Waals surface area contributed by atoms with E-state index in [9.17, 15) is 18.0 Å². The molecule has 0 saturated carbocycles. The maximum atomic E-state index is 12.7. The van der Waals surface area contributed by atoms with Gasteiger partial charge in [-0.2, -0.15) is 0 Å². The Labute approximate surface area is 171 Å². The molecule has 2 aromatic rings. The first kappa shape index (κ1) is 20.9. The number of aryl methyl sites for hydroxylation is 1. The van der Waals surface area contributed by atoms with Gasteiger partial charge in [-0.1, -0.05) is 18.2 Å². The molecule has 1 heterocycles. The molecule has 8 heteroatoms. The number of hydrogen-bond acceptors (Lipinski definition) is 4. The second-order valence-electron chi connectivity index (χ2n) is 7.13. The summed E-state index contributed by atoms with van der Waals surface area (Å²) in [5, 5.41) is 2.65. The molecule has 7 nitrogen and oxygen atoms in total. The van der Waals surface area contributed by atoms with Gasteiger partial charge in [0.25, 0.3) is 15.9 Å². The first-order valence-electron chi connectivity index (χ1n) is 9.51. The number of nitrogens with one attached hydrogen (secondary N) is 2. The van der Waals surface area contributed by atoms with Crippen LogP contribution in [0.25, 0.3) is 0 Å². The number of piperidine rings is 1. The minimum absolute atomic E-state index is 0.00723. The minimum atomic E-state index is -3.74. The van der Waals surface area contributed by atoms with E-state index in [1.54, 1.807) is 24.1 Å². The Morgan fingerprint density at radius 2 is 1.62 bits per heavy atom. The molecular weight excluding hydrogens is 390 g/mol. The second-order valence-corrected chi connectivity index (χ2v) is 8.81. The van der Waals surface area contributed by atoms with Gasteiger partial charge in [-0.25, -0.2) is 8.42 Å². The normalized spacial score (nSPS) is 15.0. The molecule has 2 amide bonds. The minimum Gasteiger partial charge on any atom is -0.359 e. The molecule has 0 unspecified atom stereocenters. The van der Waals surface area contributed by atoms with Gasteiger partial charge in [0.05, 0.1) is 10.6 Å². The van der Waals surface area contributed by atoms with Crippen molar-refractivity contribution in [1.29, 1.82) is 0 Å². The highest BCUT2D eigenvalue weighted by molar-refractivity contribution is 7.92. The average molecular weight is 416 g/mol. The van der Waals surface area contributed by atoms with Gasteiger partial charge >= 0.3 is 0 Å². The smallest absolute Gasteiger partial charge is 0.261 e. The Balaban J connectivity index is 1.67. The highest BCUT2D eigenvalue weighted by Crippen LogP contribution is 2.22. The topological polar surface area (TPSA) is 95.6 Å². The number of likely N-dealkylation sites (tertiary alicyclic amines) is 1. The molecule has 29 heavy (non-hydrogen) atoms. The number of carbonyl (C=O) groups is 2. The maximum absolute atomic E-state index is 12.7. The van der Waals surface area contributed by atoms with E-state index in [-0.39, 0.29) is 22.6 Å². The highest BCUT2D eigenvalue weighted by Gasteiger charge is 2.27. The van der Waals surface area contributed by atoms with Crippen LogP contribution >= 0.6 is 0 Å². The van der Waals surface area contributed by atoms with Gasteiger partial charge in [-0.3, -0.25) is 14.3 Å². The van der Waals surface area contributed by atoms with Crippen LogP contribution < -0.4 is 10.0 Å². The third kappa shape index (κ3) is 4.76. The van der Waals surface area contributed by atoms with E-state index in [1.807, 2.05) is 19.1 Å². The molecule has 0 radical (unpaired) electrons. The molecule has 154 valence electrons. The molecular formula is C21H25N3O4S. The summed E-state index contributed by atoms with van der Waals surface area (Å²) >= 11 is 0. The number of rotatable bonds is 5. The summed E-state index contributed by atoms with van der Waals surface area (Å²) in [6, 6.07) is 13.1. The van der Waals surface area contributed by atoms with Crippen LogP contribution in [0.5, 0.6) is 0 Å². The summed E-state index contributed by atoms with van der Waals surface area (Å²) in [7, 11) is -2.13. The van der Waals surface area contributed by atoms with Crippen LogP contribution in [-0.4, -0.2) is 45.3 Å². The number of hydrogen-bond donors (Lipinski definition) is 2. The lowest BCUT2D eigenvalue weighted by molar-refractivity contribution is -0.125. The predicted octanol–water partition coefficient (Wildman–Crippen LogP) is 2.39. The number of nitrogens with zero attached hydrogens (tertiary/aromatic N) is 1. The SMILES string of the molecule is CNC(=O)C1CCN(C(=O)c2ccc(S(=O)(=O)Nc3ccccc3C)cc2)CC1. The van der Waals surface area contributed by atoms with E-state index in [1.165, 1.54) is 24.3 Å². The fourth-order valence-electron chi connectivity index (χ4n) is 3.40. The molecule has 0 aromatic heterocycles. The Bertz CT molecular complexity index is 995. The third-order valence-electron chi connectivity index (χ3n) is 5.20. The van der Waals surface area contributed by atoms with E-state index in [0.717, 1.165) is 5.56 Å². The molecule has 3 rings (SSSR count). The summed E-state index contributed by atoms with van der Waals surface area (Å²) in [6.07, 6.45) is 1.25. The Morgan fingerprint density at radius 1 is 1.00 bits per heavy atom. The molecule has 1 aliphatic heterocycles. The van der Waals surface area contributed by atoms with Crippen LogP contribution in [0, 0.1) is 12.8 Å². The fraction of sp³-hybridized carbons (Fsp3) is 0.333. The second kappa shape index (κ2) is 8.65. The quantitative estimate of drug-likeness (QED) is 0.784. The van der Waals surface area contributed by atoms with E-state index in [4.69, 9.17) is 0 Å². The van der Waals surface area contributed by atoms with Crippen molar-refractivity contribution >= 4 is 27.5 Å². The summed E-state index contributed by atoms with van der Waals surface area (Å²) in [6.45, 7) is 2.84. The van der Waals surface area contributed by atoms with Crippen molar-refractivity contribution in [3.8, 4) is 0 Å². The molecule has 1 saturated heterocycles. The van der Waals surface area contributed by atoms with Crippen molar-refractivity contribution in [3.63, 3.8) is 0 Å². The van der Waals surface area contributed by atoms with Crippen LogP contribution in [0.2, 0.25) is 0 Å². The molecule has 0 spiro atoms. The zero-order chi connectivity index (χ0) is 21.0. The molecule has 0 bridgehead atoms. The highest BCUT2D eigenvalue weighted by atomic mass is 32.2. The van der Waals surface area contributed by atoms with E-state index in [2.05, 4.69) is 10.0 Å². The monoisotopic (exact) mass is 415 g/mol. The first-order chi connectivity index (χ1) is 13.8. The summed E-state index contributed by atoms with van der Waals surface area (Å²) in [5.74, 6) is -0.215. The van der Waals surface area contributed by atoms with Crippen LogP contribution in [0.3, 0.4) is 0 Å². The van der Waals surface area contributed by atoms with Crippen LogP contribution in [0.4, 0.5) is 5.69 Å². The first-order valence-corrected chi connectivity index (χ1v) is 11.0. The summed E-state index contributed by atoms with van der Waals surface area (Å²) in [4.78, 5) is 26.2. The van der Waals surface area contributed by atoms with Crippen LogP contribution in [0.15, 0.2) is 53.4 Å². The van der Waals surface area contributed by atoms with Gasteiger partial charge in [0.15, 0.2) is 0 Å². The lowest BCUT2D eigenvalue weighted by atomic mass is 9.95. The fourth-order valence-corrected chi connectivity index (χ4v) is 4.53. The number of para-hydroxylation sites is 1. The van der Waals surface area contributed by atoms with Crippen molar-refractivity contribution in [2.75, 3.05) is 24.9 Å². The Morgan fingerprint density at radius 3 is 2.21 bits per heavy atom. The molecule has 0 atom stereocenters. The van der Waals surface area contributed by atoms with E-state index < -0.39 is 10.0 Å². The van der Waals surface area contributed by atoms with E-state index in [0.29, 0.717) is 37.2 Å². The van der Waals surface area contributed by atoms with Gasteiger partial charge in [-0.15, -0.1) is 0 Å². The Kier molecular flexibility index (Phi) is 6.22. The molecule has 0 aliphatic carbocycles. The predicted molar refractivity (Wildman–Crippen MR) is 111 cm³/mol. The number of benzene rings is 2. The van der Waals surface area contributed by atoms with Crippen molar-refractivity contribution in [2.45, 2.75) is 24.7 Å². The molecule has 2 N–H and O–H groups in total. The van der Waals surface area contributed by atoms with Crippen LogP contribution in [0.1, 0.15) is 28.8 Å².